The second-order valence-corrected chi connectivity index (χ2v) is 3.44. The number of nitrogens with one attached hydrogen (secondary N) is 1. The van der Waals surface area contributed by atoms with Gasteiger partial charge in [0, 0.05) is 7.05 Å². The van der Waals surface area contributed by atoms with Gasteiger partial charge < -0.3 is 20.4 Å². The van der Waals surface area contributed by atoms with Gasteiger partial charge in [-0.25, -0.2) is 0 Å². The number of aryl methyl sites for hydroxylation is 1. The lowest BCUT2D eigenvalue weighted by molar-refractivity contribution is 0.312. The molecule has 2 rings (SSSR count). The van der Waals surface area contributed by atoms with Crippen LogP contribution in [0.1, 0.15) is 12.7 Å². The number of anilines is 2. The molecule has 0 aliphatic heterocycles. The van der Waals surface area contributed by atoms with Gasteiger partial charge in [0.2, 0.25) is 11.9 Å². The molecule has 0 spiro atoms. The molecule has 0 radical (unpaired) electrons. The van der Waals surface area contributed by atoms with E-state index in [1.54, 1.807) is 10.9 Å². The minimum atomic E-state index is 0.105. The van der Waals surface area contributed by atoms with Crippen LogP contribution in [0.15, 0.2) is 6.33 Å². The van der Waals surface area contributed by atoms with Crippen LogP contribution >= 0.6 is 0 Å². The Bertz CT molecular complexity index is 525. The highest BCUT2D eigenvalue weighted by atomic mass is 16.5. The third-order valence-corrected chi connectivity index (χ3v) is 2.12. The average molecular weight is 250 g/mol. The van der Waals surface area contributed by atoms with Gasteiger partial charge in [-0.05, 0) is 6.92 Å². The first-order valence-corrected chi connectivity index (χ1v) is 5.40. The minimum Gasteiger partial charge on any atom is -0.464 e. The summed E-state index contributed by atoms with van der Waals surface area (Å²) in [4.78, 5) is 11.9. The standard InChI is InChI=1S/C9H14N8O/c1-3-18-9-14-7(10)13-8(15-9)11-4-6-16-12-5-17(6)2/h5H,3-4H2,1-2H3,(H3,10,11,13,14,15). The first-order valence-electron chi connectivity index (χ1n) is 5.40. The Morgan fingerprint density at radius 2 is 2.22 bits per heavy atom. The van der Waals surface area contributed by atoms with Crippen LogP contribution in [0, 0.1) is 0 Å². The van der Waals surface area contributed by atoms with E-state index in [2.05, 4.69) is 30.5 Å². The van der Waals surface area contributed by atoms with Gasteiger partial charge in [0.25, 0.3) is 0 Å². The van der Waals surface area contributed by atoms with Crippen LogP contribution in [0.25, 0.3) is 0 Å². The maximum absolute atomic E-state index is 5.55. The molecular weight excluding hydrogens is 236 g/mol. The summed E-state index contributed by atoms with van der Waals surface area (Å²) in [5.41, 5.74) is 5.55. The number of nitrogen functional groups attached to an aromatic ring is 1. The number of ether oxygens (including phenoxy) is 1. The summed E-state index contributed by atoms with van der Waals surface area (Å²) >= 11 is 0. The van der Waals surface area contributed by atoms with Crippen LogP contribution in [0.2, 0.25) is 0 Å². The van der Waals surface area contributed by atoms with Crippen LogP contribution in [-0.2, 0) is 13.6 Å². The monoisotopic (exact) mass is 250 g/mol. The summed E-state index contributed by atoms with van der Waals surface area (Å²) in [5.74, 6) is 1.20. The van der Waals surface area contributed by atoms with Crippen LogP contribution < -0.4 is 15.8 Å². The van der Waals surface area contributed by atoms with Crippen molar-refractivity contribution in [3.05, 3.63) is 12.2 Å². The first-order chi connectivity index (χ1) is 8.69. The molecule has 0 unspecified atom stereocenters. The number of aromatic nitrogens is 6. The quantitative estimate of drug-likeness (QED) is 0.735. The maximum atomic E-state index is 5.55. The van der Waals surface area contributed by atoms with Crippen LogP contribution in [0.4, 0.5) is 11.9 Å². The van der Waals surface area contributed by atoms with E-state index in [1.165, 1.54) is 0 Å². The second-order valence-electron chi connectivity index (χ2n) is 3.44. The van der Waals surface area contributed by atoms with Crippen molar-refractivity contribution in [2.24, 2.45) is 7.05 Å². The average Bonchev–Trinajstić information content (AvgIpc) is 2.72. The molecule has 0 saturated heterocycles. The molecule has 0 bridgehead atoms. The van der Waals surface area contributed by atoms with Gasteiger partial charge in [0.15, 0.2) is 5.82 Å². The molecule has 96 valence electrons. The van der Waals surface area contributed by atoms with Gasteiger partial charge in [-0.1, -0.05) is 0 Å². The maximum Gasteiger partial charge on any atom is 0.323 e. The second kappa shape index (κ2) is 5.25. The number of nitrogens with two attached hydrogens (primary N) is 1. The molecule has 0 aliphatic rings. The fourth-order valence-electron chi connectivity index (χ4n) is 1.27. The van der Waals surface area contributed by atoms with E-state index in [-0.39, 0.29) is 12.0 Å². The van der Waals surface area contributed by atoms with Crippen molar-refractivity contribution in [3.63, 3.8) is 0 Å². The molecule has 0 aromatic carbocycles. The van der Waals surface area contributed by atoms with Crippen molar-refractivity contribution in [1.29, 1.82) is 0 Å². The summed E-state index contributed by atoms with van der Waals surface area (Å²) in [6.45, 7) is 2.74. The molecule has 9 heteroatoms. The Kier molecular flexibility index (Phi) is 3.51. The first kappa shape index (κ1) is 12.0. The summed E-state index contributed by atoms with van der Waals surface area (Å²) in [6.07, 6.45) is 1.62. The molecule has 2 heterocycles. The summed E-state index contributed by atoms with van der Waals surface area (Å²) in [6, 6.07) is 0.200. The lowest BCUT2D eigenvalue weighted by atomic mass is 10.6. The summed E-state index contributed by atoms with van der Waals surface area (Å²) in [7, 11) is 1.85. The Hall–Kier alpha value is -2.45. The Labute approximate surface area is 103 Å². The molecule has 2 aromatic heterocycles. The molecule has 18 heavy (non-hydrogen) atoms. The zero-order chi connectivity index (χ0) is 13.0. The Balaban J connectivity index is 2.07. The van der Waals surface area contributed by atoms with Gasteiger partial charge in [-0.2, -0.15) is 15.0 Å². The Morgan fingerprint density at radius 3 is 2.89 bits per heavy atom. The largest absolute Gasteiger partial charge is 0.464 e. The van der Waals surface area contributed by atoms with Crippen molar-refractivity contribution in [2.75, 3.05) is 17.7 Å². The normalized spacial score (nSPS) is 10.3. The summed E-state index contributed by atoms with van der Waals surface area (Å²) in [5, 5.41) is 10.7. The number of hydrogen-bond acceptors (Lipinski definition) is 8. The predicted octanol–water partition coefficient (Wildman–Crippen LogP) is -0.407. The van der Waals surface area contributed by atoms with Gasteiger partial charge in [0.1, 0.15) is 6.33 Å². The fraction of sp³-hybridized carbons (Fsp3) is 0.444. The van der Waals surface area contributed by atoms with E-state index in [0.29, 0.717) is 19.1 Å². The van der Waals surface area contributed by atoms with E-state index in [9.17, 15) is 0 Å². The smallest absolute Gasteiger partial charge is 0.323 e. The predicted molar refractivity (Wildman–Crippen MR) is 63.7 cm³/mol. The van der Waals surface area contributed by atoms with Gasteiger partial charge in [-0.3, -0.25) is 0 Å². The third kappa shape index (κ3) is 2.81. The highest BCUT2D eigenvalue weighted by molar-refractivity contribution is 5.32. The molecule has 0 amide bonds. The van der Waals surface area contributed by atoms with E-state index in [0.717, 1.165) is 5.82 Å². The molecule has 0 saturated carbocycles. The highest BCUT2D eigenvalue weighted by Crippen LogP contribution is 2.09. The van der Waals surface area contributed by atoms with Crippen molar-refractivity contribution >= 4 is 11.9 Å². The molecule has 3 N–H and O–H groups in total. The van der Waals surface area contributed by atoms with Gasteiger partial charge in [0.05, 0.1) is 13.2 Å². The van der Waals surface area contributed by atoms with Crippen molar-refractivity contribution < 1.29 is 4.74 Å². The van der Waals surface area contributed by atoms with Gasteiger partial charge in [-0.15, -0.1) is 10.2 Å². The number of hydrogen-bond donors (Lipinski definition) is 2. The van der Waals surface area contributed by atoms with Crippen molar-refractivity contribution in [1.82, 2.24) is 29.7 Å². The minimum absolute atomic E-state index is 0.105. The van der Waals surface area contributed by atoms with Crippen LogP contribution in [0.3, 0.4) is 0 Å². The zero-order valence-corrected chi connectivity index (χ0v) is 10.2. The molecule has 9 nitrogen and oxygen atoms in total. The molecule has 0 fully saturated rings. The van der Waals surface area contributed by atoms with Crippen molar-refractivity contribution in [3.8, 4) is 6.01 Å². The van der Waals surface area contributed by atoms with E-state index >= 15 is 0 Å². The number of nitrogens with zero attached hydrogens (tertiary/aromatic N) is 6. The third-order valence-electron chi connectivity index (χ3n) is 2.12. The SMILES string of the molecule is CCOc1nc(N)nc(NCc2nncn2C)n1. The van der Waals surface area contributed by atoms with Gasteiger partial charge >= 0.3 is 6.01 Å². The van der Waals surface area contributed by atoms with E-state index in [4.69, 9.17) is 10.5 Å². The Morgan fingerprint density at radius 1 is 1.39 bits per heavy atom. The highest BCUT2D eigenvalue weighted by Gasteiger charge is 2.06. The molecule has 0 atom stereocenters. The lowest BCUT2D eigenvalue weighted by Crippen LogP contribution is -2.11. The molecule has 2 aromatic rings. The fourth-order valence-corrected chi connectivity index (χ4v) is 1.27. The molecular formula is C9H14N8O. The van der Waals surface area contributed by atoms with Crippen LogP contribution in [0.5, 0.6) is 6.01 Å². The van der Waals surface area contributed by atoms with E-state index in [1.807, 2.05) is 14.0 Å². The number of rotatable bonds is 5. The van der Waals surface area contributed by atoms with Crippen LogP contribution in [-0.4, -0.2) is 36.3 Å². The molecule has 0 aliphatic carbocycles. The topological polar surface area (TPSA) is 117 Å². The zero-order valence-electron chi connectivity index (χ0n) is 10.2. The van der Waals surface area contributed by atoms with Crippen molar-refractivity contribution in [2.45, 2.75) is 13.5 Å². The summed E-state index contributed by atoms with van der Waals surface area (Å²) < 4.78 is 6.97. The van der Waals surface area contributed by atoms with E-state index < -0.39 is 0 Å². The lowest BCUT2D eigenvalue weighted by Gasteiger charge is -2.06.